The number of ether oxygens (including phenoxy) is 3. The number of anilines is 1. The molecule has 1 saturated heterocycles. The van der Waals surface area contributed by atoms with E-state index >= 15 is 0 Å². The summed E-state index contributed by atoms with van der Waals surface area (Å²) >= 11 is 0. The van der Waals surface area contributed by atoms with Crippen molar-refractivity contribution in [2.45, 2.75) is 25.9 Å². The minimum absolute atomic E-state index is 0.0236. The molecule has 2 aliphatic carbocycles. The second-order valence-electron chi connectivity index (χ2n) is 7.04. The summed E-state index contributed by atoms with van der Waals surface area (Å²) in [6.45, 7) is 2.09. The highest BCUT2D eigenvalue weighted by atomic mass is 16.6. The molecule has 3 aliphatic rings. The number of hydrogen-bond acceptors (Lipinski definition) is 6. The van der Waals surface area contributed by atoms with E-state index in [1.54, 1.807) is 24.3 Å². The Bertz CT molecular complexity index is 728. The zero-order valence-corrected chi connectivity index (χ0v) is 14.5. The molecule has 1 aromatic carbocycles. The molecule has 1 aromatic rings. The molecule has 5 atom stereocenters. The fraction of sp³-hybridized carbons (Fsp3) is 0.526. The Balaban J connectivity index is 1.29. The van der Waals surface area contributed by atoms with Crippen molar-refractivity contribution < 1.29 is 28.6 Å². The van der Waals surface area contributed by atoms with Crippen molar-refractivity contribution in [3.05, 3.63) is 24.3 Å². The van der Waals surface area contributed by atoms with Gasteiger partial charge in [-0.15, -0.1) is 0 Å². The quantitative estimate of drug-likeness (QED) is 0.779. The molecule has 2 saturated carbocycles. The van der Waals surface area contributed by atoms with E-state index in [1.165, 1.54) is 0 Å². The van der Waals surface area contributed by atoms with Gasteiger partial charge in [-0.25, -0.2) is 0 Å². The maximum atomic E-state index is 12.4. The third kappa shape index (κ3) is 2.91. The highest BCUT2D eigenvalue weighted by Gasteiger charge is 2.64. The van der Waals surface area contributed by atoms with Crippen molar-refractivity contribution in [2.75, 3.05) is 18.5 Å². The lowest BCUT2D eigenvalue weighted by atomic mass is 9.80. The number of fused-ring (bicyclic) bond motifs is 1. The zero-order valence-electron chi connectivity index (χ0n) is 14.5. The monoisotopic (exact) mass is 359 g/mol. The van der Waals surface area contributed by atoms with Gasteiger partial charge in [-0.1, -0.05) is 0 Å². The van der Waals surface area contributed by atoms with Crippen LogP contribution in [0, 0.1) is 23.7 Å². The van der Waals surface area contributed by atoms with Gasteiger partial charge in [0.2, 0.25) is 0 Å². The SMILES string of the molecule is CCOc1ccc(NC(=O)COC(=O)[C@H]2[C@H]3C[C@@H]4[C@@H]2C(=O)O[C@@H]4C3)cc1. The molecule has 1 aliphatic heterocycles. The van der Waals surface area contributed by atoms with E-state index in [0.29, 0.717) is 12.3 Å². The van der Waals surface area contributed by atoms with Crippen LogP contribution in [0.4, 0.5) is 5.69 Å². The van der Waals surface area contributed by atoms with Crippen LogP contribution in [0.1, 0.15) is 19.8 Å². The molecule has 138 valence electrons. The van der Waals surface area contributed by atoms with Crippen LogP contribution in [0.25, 0.3) is 0 Å². The normalized spacial score (nSPS) is 30.8. The minimum atomic E-state index is -0.471. The third-order valence-electron chi connectivity index (χ3n) is 5.55. The molecule has 26 heavy (non-hydrogen) atoms. The van der Waals surface area contributed by atoms with Crippen LogP contribution < -0.4 is 10.1 Å². The topological polar surface area (TPSA) is 90.9 Å². The summed E-state index contributed by atoms with van der Waals surface area (Å²) in [5.41, 5.74) is 0.594. The van der Waals surface area contributed by atoms with Gasteiger partial charge in [0, 0.05) is 11.6 Å². The lowest BCUT2D eigenvalue weighted by Gasteiger charge is -2.22. The van der Waals surface area contributed by atoms with E-state index < -0.39 is 17.8 Å². The van der Waals surface area contributed by atoms with Crippen molar-refractivity contribution in [3.8, 4) is 5.75 Å². The third-order valence-corrected chi connectivity index (χ3v) is 5.55. The molecule has 1 N–H and O–H groups in total. The average Bonchev–Trinajstić information content (AvgIpc) is 3.24. The Morgan fingerprint density at radius 2 is 2.00 bits per heavy atom. The summed E-state index contributed by atoms with van der Waals surface area (Å²) in [5, 5.41) is 2.67. The molecule has 2 bridgehead atoms. The summed E-state index contributed by atoms with van der Waals surface area (Å²) in [4.78, 5) is 36.4. The van der Waals surface area contributed by atoms with Crippen LogP contribution >= 0.6 is 0 Å². The standard InChI is InChI=1S/C19H21NO6/c1-2-24-12-5-3-11(4-6-12)20-15(21)9-25-18(22)16-10-7-13-14(8-10)26-19(23)17(13)16/h3-6,10,13-14,16-17H,2,7-9H2,1H3,(H,20,21)/t10-,13-,14+,16-,17-/m0/s1. The van der Waals surface area contributed by atoms with Crippen molar-refractivity contribution in [2.24, 2.45) is 23.7 Å². The predicted molar refractivity (Wildman–Crippen MR) is 90.3 cm³/mol. The molecule has 0 spiro atoms. The van der Waals surface area contributed by atoms with Gasteiger partial charge >= 0.3 is 11.9 Å². The molecule has 0 unspecified atom stereocenters. The Labute approximate surface area is 151 Å². The smallest absolute Gasteiger partial charge is 0.310 e. The van der Waals surface area contributed by atoms with Crippen molar-refractivity contribution in [3.63, 3.8) is 0 Å². The van der Waals surface area contributed by atoms with E-state index in [2.05, 4.69) is 5.32 Å². The first-order valence-corrected chi connectivity index (χ1v) is 8.96. The number of benzene rings is 1. The lowest BCUT2D eigenvalue weighted by molar-refractivity contribution is -0.157. The number of amides is 1. The van der Waals surface area contributed by atoms with Gasteiger partial charge in [0.05, 0.1) is 18.4 Å². The molecule has 0 aromatic heterocycles. The average molecular weight is 359 g/mol. The molecule has 7 nitrogen and oxygen atoms in total. The van der Waals surface area contributed by atoms with Crippen molar-refractivity contribution in [1.82, 2.24) is 0 Å². The van der Waals surface area contributed by atoms with Crippen molar-refractivity contribution >= 4 is 23.5 Å². The van der Waals surface area contributed by atoms with Gasteiger partial charge in [-0.2, -0.15) is 0 Å². The van der Waals surface area contributed by atoms with Crippen LogP contribution in [0.15, 0.2) is 24.3 Å². The number of carbonyl (C=O) groups excluding carboxylic acids is 3. The number of hydrogen-bond donors (Lipinski definition) is 1. The van der Waals surface area contributed by atoms with E-state index in [9.17, 15) is 14.4 Å². The maximum absolute atomic E-state index is 12.4. The van der Waals surface area contributed by atoms with Gasteiger partial charge in [0.15, 0.2) is 6.61 Å². The Kier molecular flexibility index (Phi) is 4.30. The van der Waals surface area contributed by atoms with Crippen LogP contribution in [-0.2, 0) is 23.9 Å². The number of carbonyl (C=O) groups is 3. The van der Waals surface area contributed by atoms with Crippen LogP contribution in [0.5, 0.6) is 5.75 Å². The molecule has 7 heteroatoms. The van der Waals surface area contributed by atoms with E-state index in [0.717, 1.165) is 18.6 Å². The fourth-order valence-corrected chi connectivity index (χ4v) is 4.56. The summed E-state index contributed by atoms with van der Waals surface area (Å²) in [6, 6.07) is 6.94. The van der Waals surface area contributed by atoms with Crippen LogP contribution in [0.2, 0.25) is 0 Å². The number of nitrogens with one attached hydrogen (secondary N) is 1. The molecule has 0 radical (unpaired) electrons. The van der Waals surface area contributed by atoms with Gasteiger partial charge in [-0.05, 0) is 49.9 Å². The first kappa shape index (κ1) is 16.9. The second kappa shape index (κ2) is 6.63. The van der Waals surface area contributed by atoms with Crippen LogP contribution in [-0.4, -0.2) is 37.2 Å². The molecule has 1 amide bonds. The van der Waals surface area contributed by atoms with Gasteiger partial charge in [0.1, 0.15) is 11.9 Å². The maximum Gasteiger partial charge on any atom is 0.310 e. The summed E-state index contributed by atoms with van der Waals surface area (Å²) in [5.74, 6) is -1.05. The molecule has 3 fully saturated rings. The molecular formula is C19H21NO6. The van der Waals surface area contributed by atoms with Gasteiger partial charge in [-0.3, -0.25) is 14.4 Å². The highest BCUT2D eigenvalue weighted by Crippen LogP contribution is 2.57. The largest absolute Gasteiger partial charge is 0.494 e. The molecule has 4 rings (SSSR count). The van der Waals surface area contributed by atoms with Gasteiger partial charge < -0.3 is 19.5 Å². The summed E-state index contributed by atoms with van der Waals surface area (Å²) < 4.78 is 15.8. The summed E-state index contributed by atoms with van der Waals surface area (Å²) in [6.07, 6.45) is 1.54. The van der Waals surface area contributed by atoms with Gasteiger partial charge in [0.25, 0.3) is 5.91 Å². The molecule has 1 heterocycles. The fourth-order valence-electron chi connectivity index (χ4n) is 4.56. The number of rotatable bonds is 6. The van der Waals surface area contributed by atoms with Crippen molar-refractivity contribution in [1.29, 1.82) is 0 Å². The predicted octanol–water partition coefficient (Wildman–Crippen LogP) is 1.76. The Morgan fingerprint density at radius 3 is 2.73 bits per heavy atom. The van der Waals surface area contributed by atoms with E-state index in [4.69, 9.17) is 14.2 Å². The zero-order chi connectivity index (χ0) is 18.3. The van der Waals surface area contributed by atoms with Crippen LogP contribution in [0.3, 0.4) is 0 Å². The summed E-state index contributed by atoms with van der Waals surface area (Å²) in [7, 11) is 0. The first-order valence-electron chi connectivity index (χ1n) is 8.96. The molecular weight excluding hydrogens is 338 g/mol. The second-order valence-corrected chi connectivity index (χ2v) is 7.04. The highest BCUT2D eigenvalue weighted by molar-refractivity contribution is 5.93. The lowest BCUT2D eigenvalue weighted by Crippen LogP contribution is -2.34. The van der Waals surface area contributed by atoms with E-state index in [1.807, 2.05) is 6.92 Å². The number of esters is 2. The Hall–Kier alpha value is -2.57. The Morgan fingerprint density at radius 1 is 1.23 bits per heavy atom. The minimum Gasteiger partial charge on any atom is -0.494 e. The first-order chi connectivity index (χ1) is 12.6. The van der Waals surface area contributed by atoms with E-state index in [-0.39, 0.29) is 36.4 Å².